The second kappa shape index (κ2) is 6.42. The minimum atomic E-state index is -0.0117. The maximum atomic E-state index is 12.5. The highest BCUT2D eigenvalue weighted by molar-refractivity contribution is 5.93. The summed E-state index contributed by atoms with van der Waals surface area (Å²) in [5.41, 5.74) is 1.72. The molecule has 3 heterocycles. The number of rotatable bonds is 3. The Morgan fingerprint density at radius 2 is 2.04 bits per heavy atom. The van der Waals surface area contributed by atoms with Gasteiger partial charge in [-0.3, -0.25) is 9.48 Å². The first-order chi connectivity index (χ1) is 11.7. The van der Waals surface area contributed by atoms with Crippen molar-refractivity contribution in [2.45, 2.75) is 70.5 Å². The second-order valence-electron chi connectivity index (χ2n) is 7.16. The van der Waals surface area contributed by atoms with Gasteiger partial charge >= 0.3 is 0 Å². The van der Waals surface area contributed by atoms with Crippen molar-refractivity contribution >= 4 is 5.91 Å². The van der Waals surface area contributed by atoms with Gasteiger partial charge in [-0.05, 0) is 26.2 Å². The van der Waals surface area contributed by atoms with E-state index < -0.39 is 0 Å². The van der Waals surface area contributed by atoms with Crippen LogP contribution in [0, 0.1) is 6.92 Å². The van der Waals surface area contributed by atoms with E-state index in [9.17, 15) is 4.79 Å². The minimum Gasteiger partial charge on any atom is -0.347 e. The molecule has 128 valence electrons. The first-order valence-corrected chi connectivity index (χ1v) is 9.07. The van der Waals surface area contributed by atoms with Crippen molar-refractivity contribution in [2.75, 3.05) is 0 Å². The van der Waals surface area contributed by atoms with Crippen molar-refractivity contribution in [1.29, 1.82) is 0 Å². The van der Waals surface area contributed by atoms with Crippen LogP contribution in [0.4, 0.5) is 0 Å². The highest BCUT2D eigenvalue weighted by Crippen LogP contribution is 2.27. The fourth-order valence-corrected chi connectivity index (χ4v) is 3.97. The Kier molecular flexibility index (Phi) is 4.12. The number of aryl methyl sites for hydroxylation is 2. The molecule has 1 N–H and O–H groups in total. The monoisotopic (exact) mass is 327 g/mol. The Morgan fingerprint density at radius 3 is 2.88 bits per heavy atom. The summed E-state index contributed by atoms with van der Waals surface area (Å²) in [6.07, 6.45) is 13.8. The highest BCUT2D eigenvalue weighted by atomic mass is 16.1. The average Bonchev–Trinajstić information content (AvgIpc) is 3.21. The van der Waals surface area contributed by atoms with E-state index in [1.165, 1.54) is 32.1 Å². The maximum Gasteiger partial charge on any atom is 0.254 e. The van der Waals surface area contributed by atoms with Gasteiger partial charge in [0.1, 0.15) is 5.82 Å². The first-order valence-electron chi connectivity index (χ1n) is 9.07. The van der Waals surface area contributed by atoms with Gasteiger partial charge in [0.25, 0.3) is 5.91 Å². The molecule has 0 saturated heterocycles. The van der Waals surface area contributed by atoms with E-state index in [0.717, 1.165) is 30.9 Å². The largest absolute Gasteiger partial charge is 0.347 e. The molecule has 0 aromatic carbocycles. The zero-order valence-electron chi connectivity index (χ0n) is 14.2. The van der Waals surface area contributed by atoms with Gasteiger partial charge in [-0.2, -0.15) is 5.10 Å². The number of amides is 1. The molecule has 0 bridgehead atoms. The van der Waals surface area contributed by atoms with Crippen LogP contribution in [-0.2, 0) is 13.0 Å². The van der Waals surface area contributed by atoms with E-state index in [1.807, 2.05) is 17.8 Å². The molecule has 1 atom stereocenters. The van der Waals surface area contributed by atoms with Crippen LogP contribution < -0.4 is 5.32 Å². The van der Waals surface area contributed by atoms with E-state index in [0.29, 0.717) is 11.6 Å². The van der Waals surface area contributed by atoms with Crippen LogP contribution in [0.1, 0.15) is 66.4 Å². The van der Waals surface area contributed by atoms with Gasteiger partial charge in [-0.15, -0.1) is 0 Å². The predicted molar refractivity (Wildman–Crippen MR) is 90.9 cm³/mol. The van der Waals surface area contributed by atoms with Gasteiger partial charge in [-0.1, -0.05) is 19.3 Å². The number of carbonyl (C=O) groups excluding carboxylic acids is 1. The van der Waals surface area contributed by atoms with Crippen molar-refractivity contribution in [3.8, 4) is 0 Å². The van der Waals surface area contributed by atoms with Crippen LogP contribution in [-0.4, -0.2) is 31.3 Å². The Hall–Kier alpha value is -2.11. The molecule has 1 amide bonds. The van der Waals surface area contributed by atoms with E-state index in [4.69, 9.17) is 0 Å². The zero-order valence-corrected chi connectivity index (χ0v) is 14.2. The lowest BCUT2D eigenvalue weighted by molar-refractivity contribution is 0.0927. The number of imidazole rings is 1. The second-order valence-corrected chi connectivity index (χ2v) is 7.16. The number of hydrogen-bond acceptors (Lipinski definition) is 3. The normalized spacial score (nSPS) is 21.5. The highest BCUT2D eigenvalue weighted by Gasteiger charge is 2.23. The summed E-state index contributed by atoms with van der Waals surface area (Å²) in [6, 6.07) is 0.628. The molecular weight excluding hydrogens is 302 g/mol. The molecular formula is C18H25N5O. The number of aromatic nitrogens is 4. The van der Waals surface area contributed by atoms with Gasteiger partial charge in [0.05, 0.1) is 23.5 Å². The molecule has 2 aliphatic rings. The first kappa shape index (κ1) is 15.4. The lowest BCUT2D eigenvalue weighted by Crippen LogP contribution is -2.40. The third-order valence-electron chi connectivity index (χ3n) is 5.26. The van der Waals surface area contributed by atoms with Crippen LogP contribution in [0.3, 0.4) is 0 Å². The lowest BCUT2D eigenvalue weighted by Gasteiger charge is -2.24. The molecule has 1 saturated carbocycles. The lowest BCUT2D eigenvalue weighted by atomic mass is 9.96. The molecule has 1 fully saturated rings. The van der Waals surface area contributed by atoms with Crippen molar-refractivity contribution in [3.05, 3.63) is 35.7 Å². The molecule has 2 aromatic heterocycles. The topological polar surface area (TPSA) is 64.7 Å². The summed E-state index contributed by atoms with van der Waals surface area (Å²) in [5, 5.41) is 7.59. The van der Waals surface area contributed by atoms with Crippen LogP contribution in [0.2, 0.25) is 0 Å². The average molecular weight is 327 g/mol. The van der Waals surface area contributed by atoms with Gasteiger partial charge in [0.2, 0.25) is 0 Å². The van der Waals surface area contributed by atoms with Crippen LogP contribution in [0.5, 0.6) is 0 Å². The number of hydrogen-bond donors (Lipinski definition) is 1. The van der Waals surface area contributed by atoms with Crippen molar-refractivity contribution < 1.29 is 4.79 Å². The van der Waals surface area contributed by atoms with E-state index in [1.54, 1.807) is 6.20 Å². The molecule has 1 aliphatic heterocycles. The molecule has 1 aliphatic carbocycles. The molecule has 0 spiro atoms. The van der Waals surface area contributed by atoms with E-state index in [2.05, 4.69) is 26.2 Å². The summed E-state index contributed by atoms with van der Waals surface area (Å²) in [4.78, 5) is 17.1. The third-order valence-corrected chi connectivity index (χ3v) is 5.26. The van der Waals surface area contributed by atoms with E-state index >= 15 is 0 Å². The Balaban J connectivity index is 1.39. The van der Waals surface area contributed by atoms with Crippen LogP contribution >= 0.6 is 0 Å². The van der Waals surface area contributed by atoms with Crippen molar-refractivity contribution in [2.24, 2.45) is 0 Å². The fraction of sp³-hybridized carbons (Fsp3) is 0.611. The summed E-state index contributed by atoms with van der Waals surface area (Å²) < 4.78 is 4.15. The summed E-state index contributed by atoms with van der Waals surface area (Å²) in [6.45, 7) is 2.82. The fourth-order valence-electron chi connectivity index (χ4n) is 3.97. The van der Waals surface area contributed by atoms with Gasteiger partial charge in [0, 0.05) is 31.4 Å². The number of nitrogens with one attached hydrogen (secondary N) is 1. The van der Waals surface area contributed by atoms with E-state index in [-0.39, 0.29) is 11.9 Å². The number of carbonyl (C=O) groups is 1. The number of fused-ring (bicyclic) bond motifs is 1. The minimum absolute atomic E-state index is 0.0117. The quantitative estimate of drug-likeness (QED) is 0.942. The van der Waals surface area contributed by atoms with Crippen LogP contribution in [0.15, 0.2) is 18.6 Å². The SMILES string of the molecule is Cc1cn2c(n1)CC[C@@H](NC(=O)c1cnn(C3CCCCC3)c1)C2. The zero-order chi connectivity index (χ0) is 16.5. The Morgan fingerprint density at radius 1 is 1.21 bits per heavy atom. The molecule has 24 heavy (non-hydrogen) atoms. The smallest absolute Gasteiger partial charge is 0.254 e. The van der Waals surface area contributed by atoms with Crippen molar-refractivity contribution in [1.82, 2.24) is 24.6 Å². The Labute approximate surface area is 142 Å². The molecule has 0 radical (unpaired) electrons. The molecule has 4 rings (SSSR count). The molecule has 6 nitrogen and oxygen atoms in total. The maximum absolute atomic E-state index is 12.5. The summed E-state index contributed by atoms with van der Waals surface area (Å²) >= 11 is 0. The summed E-state index contributed by atoms with van der Waals surface area (Å²) in [7, 11) is 0. The number of nitrogens with zero attached hydrogens (tertiary/aromatic N) is 4. The van der Waals surface area contributed by atoms with Crippen LogP contribution in [0.25, 0.3) is 0 Å². The van der Waals surface area contributed by atoms with Crippen molar-refractivity contribution in [3.63, 3.8) is 0 Å². The van der Waals surface area contributed by atoms with Gasteiger partial charge < -0.3 is 9.88 Å². The molecule has 2 aromatic rings. The third kappa shape index (κ3) is 3.09. The standard InChI is InChI=1S/C18H25N5O/c1-13-10-22-12-15(7-8-17(22)20-13)21-18(24)14-9-19-23(11-14)16-5-3-2-4-6-16/h9-11,15-16H,2-8,12H2,1H3,(H,21,24)/t15-/m1/s1. The molecule has 6 heteroatoms. The Bertz CT molecular complexity index is 726. The predicted octanol–water partition coefficient (Wildman–Crippen LogP) is 2.64. The van der Waals surface area contributed by atoms with Gasteiger partial charge in [0.15, 0.2) is 0 Å². The molecule has 0 unspecified atom stereocenters. The summed E-state index contributed by atoms with van der Waals surface area (Å²) in [5.74, 6) is 1.12. The van der Waals surface area contributed by atoms with Gasteiger partial charge in [-0.25, -0.2) is 4.98 Å².